The first-order valence-corrected chi connectivity index (χ1v) is 5.45. The molecule has 0 saturated carbocycles. The van der Waals surface area contributed by atoms with E-state index >= 15 is 0 Å². The lowest BCUT2D eigenvalue weighted by atomic mass is 10.3. The van der Waals surface area contributed by atoms with Gasteiger partial charge in [0.25, 0.3) is 0 Å². The van der Waals surface area contributed by atoms with Gasteiger partial charge in [0.1, 0.15) is 0 Å². The molecular weight excluding hydrogens is 245 g/mol. The third kappa shape index (κ3) is 1.66. The van der Waals surface area contributed by atoms with Gasteiger partial charge in [-0.05, 0) is 24.3 Å². The Morgan fingerprint density at radius 2 is 1.60 bits per heavy atom. The fourth-order valence-electron chi connectivity index (χ4n) is 0.566. The van der Waals surface area contributed by atoms with E-state index in [2.05, 4.69) is 0 Å². The van der Waals surface area contributed by atoms with Gasteiger partial charge in [0, 0.05) is 5.69 Å². The quantitative estimate of drug-likeness (QED) is 0.609. The average Bonchev–Trinajstić information content (AvgIpc) is 1.88. The first-order valence-electron chi connectivity index (χ1n) is 2.61. The van der Waals surface area contributed by atoms with Crippen LogP contribution in [0.2, 0.25) is 0 Å². The van der Waals surface area contributed by atoms with Crippen LogP contribution in [0.4, 0.5) is 5.69 Å². The molecule has 2 N–H and O–H groups in total. The van der Waals surface area contributed by atoms with Crippen LogP contribution in [0.5, 0.6) is 0 Å². The molecule has 0 atom stereocenters. The molecule has 0 heterocycles. The summed E-state index contributed by atoms with van der Waals surface area (Å²) in [6, 6.07) is 6.19. The van der Waals surface area contributed by atoms with Gasteiger partial charge >= 0.3 is 19.8 Å². The lowest BCUT2D eigenvalue weighted by Gasteiger charge is -1.89. The van der Waals surface area contributed by atoms with Crippen LogP contribution in [-0.4, -0.2) is 0 Å². The lowest BCUT2D eigenvalue weighted by Crippen LogP contribution is -1.82. The second-order valence-corrected chi connectivity index (χ2v) is 4.25. The van der Waals surface area contributed by atoms with Crippen LogP contribution in [0, 0.1) is 3.57 Å². The minimum absolute atomic E-state index is 0.387. The first kappa shape index (κ1) is 7.46. The summed E-state index contributed by atoms with van der Waals surface area (Å²) >= 11 is -3.26. The van der Waals surface area contributed by atoms with Crippen LogP contribution in [0.1, 0.15) is 0 Å². The van der Waals surface area contributed by atoms with Crippen molar-refractivity contribution < 1.29 is 6.14 Å². The number of nitrogens with two attached hydrogens (primary N) is 1. The number of hydrogen-bond acceptors (Lipinski definition) is 3. The van der Waals surface area contributed by atoms with Gasteiger partial charge in [-0.2, -0.15) is 0 Å². The summed E-state index contributed by atoms with van der Waals surface area (Å²) in [7, 11) is 0. The van der Waals surface area contributed by atoms with Gasteiger partial charge in [-0.3, -0.25) is 0 Å². The van der Waals surface area contributed by atoms with Crippen molar-refractivity contribution in [2.75, 3.05) is 5.73 Å². The zero-order valence-corrected chi connectivity index (χ0v) is 7.24. The monoisotopic (exact) mass is 251 g/mol. The molecule has 0 aromatic heterocycles. The van der Waals surface area contributed by atoms with Gasteiger partial charge in [-0.1, -0.05) is 0 Å². The zero-order valence-electron chi connectivity index (χ0n) is 5.08. The Balaban J connectivity index is 3.12. The third-order valence-electron chi connectivity index (χ3n) is 1.05. The van der Waals surface area contributed by atoms with E-state index in [1.54, 1.807) is 12.1 Å². The fourth-order valence-corrected chi connectivity index (χ4v) is 1.51. The molecule has 0 unspecified atom stereocenters. The maximum absolute atomic E-state index is 10.4. The summed E-state index contributed by atoms with van der Waals surface area (Å²) in [5, 5.41) is 0. The number of hydrogen-bond donors (Lipinski definition) is 1. The number of nitrogen functional groups attached to an aromatic ring is 1. The van der Waals surface area contributed by atoms with Crippen molar-refractivity contribution in [3.8, 4) is 0 Å². The molecule has 0 spiro atoms. The molecule has 0 aliphatic rings. The molecule has 0 fully saturated rings. The second-order valence-electron chi connectivity index (χ2n) is 1.77. The summed E-state index contributed by atoms with van der Waals surface area (Å²) in [5.41, 5.74) is 5.92. The van der Waals surface area contributed by atoms with Crippen molar-refractivity contribution in [2.45, 2.75) is 0 Å². The first-order chi connectivity index (χ1) is 4.70. The van der Waals surface area contributed by atoms with E-state index in [9.17, 15) is 6.14 Å². The maximum atomic E-state index is 10.4. The zero-order chi connectivity index (χ0) is 7.56. The van der Waals surface area contributed by atoms with Crippen LogP contribution in [0.15, 0.2) is 24.3 Å². The molecule has 3 nitrogen and oxygen atoms in total. The molecular formula is C6H6INO2. The Hall–Kier alpha value is -0.650. The van der Waals surface area contributed by atoms with E-state index in [1.807, 2.05) is 0 Å². The normalized spacial score (nSPS) is 10.1. The van der Waals surface area contributed by atoms with Gasteiger partial charge in [0.2, 0.25) is 0 Å². The predicted octanol–water partition coefficient (Wildman–Crippen LogP) is 1.64. The van der Waals surface area contributed by atoms with Crippen molar-refractivity contribution >= 4 is 25.5 Å². The van der Waals surface area contributed by atoms with Crippen LogP contribution >= 0.6 is 19.8 Å². The molecule has 0 amide bonds. The van der Waals surface area contributed by atoms with E-state index in [0.717, 1.165) is 0 Å². The number of anilines is 1. The lowest BCUT2D eigenvalue weighted by molar-refractivity contribution is 0.610. The summed E-state index contributed by atoms with van der Waals surface area (Å²) in [5.74, 6) is 0. The summed E-state index contributed by atoms with van der Waals surface area (Å²) < 4.78 is 21.2. The Kier molecular flexibility index (Phi) is 2.21. The SMILES string of the molecule is Nc1ccc(I(=O)=O)cc1. The average molecular weight is 251 g/mol. The summed E-state index contributed by atoms with van der Waals surface area (Å²) in [6.45, 7) is 0. The van der Waals surface area contributed by atoms with E-state index in [4.69, 9.17) is 5.73 Å². The number of halogens is 1. The van der Waals surface area contributed by atoms with Crippen molar-refractivity contribution in [2.24, 2.45) is 0 Å². The third-order valence-corrected chi connectivity index (χ3v) is 2.78. The minimum Gasteiger partial charge on any atom is -0.399 e. The predicted molar refractivity (Wildman–Crippen MR) is 44.9 cm³/mol. The van der Waals surface area contributed by atoms with Crippen molar-refractivity contribution in [1.82, 2.24) is 0 Å². The van der Waals surface area contributed by atoms with Crippen molar-refractivity contribution in [3.63, 3.8) is 0 Å². The topological polar surface area (TPSA) is 60.2 Å². The highest BCUT2D eigenvalue weighted by atomic mass is 127. The Bertz CT molecular complexity index is 281. The van der Waals surface area contributed by atoms with Gasteiger partial charge in [0.05, 0.1) is 3.57 Å². The van der Waals surface area contributed by atoms with E-state index < -0.39 is 19.8 Å². The van der Waals surface area contributed by atoms with Crippen LogP contribution in [0.25, 0.3) is 0 Å². The Labute approximate surface area is 65.4 Å². The molecule has 0 aliphatic carbocycles. The van der Waals surface area contributed by atoms with Crippen LogP contribution < -0.4 is 5.73 Å². The Morgan fingerprint density at radius 1 is 1.10 bits per heavy atom. The van der Waals surface area contributed by atoms with Crippen LogP contribution in [-0.2, 0) is 6.14 Å². The molecule has 0 saturated heterocycles. The molecule has 1 aromatic rings. The second kappa shape index (κ2) is 2.96. The highest BCUT2D eigenvalue weighted by molar-refractivity contribution is 14.2. The molecule has 54 valence electrons. The van der Waals surface area contributed by atoms with E-state index in [1.165, 1.54) is 12.1 Å². The highest BCUT2D eigenvalue weighted by Gasteiger charge is 1.94. The number of benzene rings is 1. The largest absolute Gasteiger partial charge is 0.399 e. The molecule has 1 aromatic carbocycles. The van der Waals surface area contributed by atoms with E-state index in [-0.39, 0.29) is 0 Å². The van der Waals surface area contributed by atoms with Crippen molar-refractivity contribution in [3.05, 3.63) is 27.8 Å². The summed E-state index contributed by atoms with van der Waals surface area (Å²) in [4.78, 5) is 0. The van der Waals surface area contributed by atoms with Gasteiger partial charge in [-0.15, -0.1) is 0 Å². The smallest absolute Gasteiger partial charge is 0.340 e. The molecule has 0 aliphatic heterocycles. The van der Waals surface area contributed by atoms with E-state index in [0.29, 0.717) is 9.26 Å². The fraction of sp³-hybridized carbons (Fsp3) is 0. The summed E-state index contributed by atoms with van der Waals surface area (Å²) in [6.07, 6.45) is 0. The molecule has 1 rings (SSSR count). The molecule has 0 bridgehead atoms. The number of rotatable bonds is 1. The minimum atomic E-state index is -3.26. The highest BCUT2D eigenvalue weighted by Crippen LogP contribution is 2.17. The standard InChI is InChI=1S/C6H6INO2/c8-6-3-1-5(2-4-6)7(9)10/h1-4H,8H2. The maximum Gasteiger partial charge on any atom is 0.340 e. The van der Waals surface area contributed by atoms with Crippen molar-refractivity contribution in [1.29, 1.82) is 0 Å². The molecule has 0 radical (unpaired) electrons. The van der Waals surface area contributed by atoms with Crippen LogP contribution in [0.3, 0.4) is 0 Å². The molecule has 4 heteroatoms. The Morgan fingerprint density at radius 3 is 2.00 bits per heavy atom. The van der Waals surface area contributed by atoms with Gasteiger partial charge in [0.15, 0.2) is 0 Å². The van der Waals surface area contributed by atoms with Gasteiger partial charge < -0.3 is 5.73 Å². The molecule has 10 heavy (non-hydrogen) atoms. The van der Waals surface area contributed by atoms with Gasteiger partial charge in [-0.25, -0.2) is 6.14 Å².